The smallest absolute Gasteiger partial charge is 0.253 e. The van der Waals surface area contributed by atoms with Gasteiger partial charge in [-0.05, 0) is 31.9 Å². The molecule has 3 nitrogen and oxygen atoms in total. The molecule has 1 heterocycles. The van der Waals surface area contributed by atoms with Crippen LogP contribution in [-0.4, -0.2) is 16.5 Å². The number of hydrogen-bond donors (Lipinski definition) is 1. The second-order valence-corrected chi connectivity index (χ2v) is 6.36. The van der Waals surface area contributed by atoms with E-state index in [1.54, 1.807) is 0 Å². The van der Waals surface area contributed by atoms with Gasteiger partial charge < -0.3 is 9.88 Å². The van der Waals surface area contributed by atoms with E-state index in [0.29, 0.717) is 6.04 Å². The van der Waals surface area contributed by atoms with Crippen molar-refractivity contribution in [1.82, 2.24) is 9.88 Å². The highest BCUT2D eigenvalue weighted by atomic mass is 79.9. The van der Waals surface area contributed by atoms with Gasteiger partial charge in [0.05, 0.1) is 5.56 Å². The molecule has 1 aliphatic carbocycles. The number of hydrogen-bond acceptors (Lipinski definition) is 1. The summed E-state index contributed by atoms with van der Waals surface area (Å²) in [6.07, 6.45) is 6.66. The van der Waals surface area contributed by atoms with Crippen molar-refractivity contribution in [2.45, 2.75) is 45.2 Å². The molecule has 2 aromatic rings. The van der Waals surface area contributed by atoms with E-state index >= 15 is 0 Å². The van der Waals surface area contributed by atoms with Gasteiger partial charge in [-0.2, -0.15) is 0 Å². The summed E-state index contributed by atoms with van der Waals surface area (Å²) < 4.78 is 3.17. The number of nitrogens with one attached hydrogen (secondary N) is 1. The zero-order valence-electron chi connectivity index (χ0n) is 11.7. The lowest BCUT2D eigenvalue weighted by atomic mass is 10.1. The van der Waals surface area contributed by atoms with Crippen LogP contribution < -0.4 is 5.32 Å². The van der Waals surface area contributed by atoms with E-state index in [1.165, 1.54) is 12.8 Å². The molecule has 0 unspecified atom stereocenters. The number of aryl methyl sites for hydroxylation is 1. The van der Waals surface area contributed by atoms with Crippen LogP contribution >= 0.6 is 15.9 Å². The third kappa shape index (κ3) is 2.49. The minimum absolute atomic E-state index is 0.0661. The van der Waals surface area contributed by atoms with E-state index in [2.05, 4.69) is 38.8 Å². The molecule has 106 valence electrons. The molecule has 0 aliphatic heterocycles. The van der Waals surface area contributed by atoms with E-state index in [0.717, 1.165) is 40.3 Å². The number of carbonyl (C=O) groups excluding carboxylic acids is 1. The highest BCUT2D eigenvalue weighted by Crippen LogP contribution is 2.26. The first-order valence-corrected chi connectivity index (χ1v) is 8.07. The van der Waals surface area contributed by atoms with Crippen molar-refractivity contribution in [2.24, 2.45) is 0 Å². The van der Waals surface area contributed by atoms with Crippen molar-refractivity contribution < 1.29 is 4.79 Å². The van der Waals surface area contributed by atoms with Crippen LogP contribution in [0.15, 0.2) is 28.9 Å². The van der Waals surface area contributed by atoms with Crippen molar-refractivity contribution in [3.8, 4) is 0 Å². The lowest BCUT2D eigenvalue weighted by Gasteiger charge is -2.11. The first kappa shape index (κ1) is 13.7. The first-order chi connectivity index (χ1) is 9.69. The van der Waals surface area contributed by atoms with Crippen molar-refractivity contribution in [2.75, 3.05) is 0 Å². The van der Waals surface area contributed by atoms with Gasteiger partial charge in [0.25, 0.3) is 5.91 Å². The summed E-state index contributed by atoms with van der Waals surface area (Å²) in [6, 6.07) is 6.45. The molecule has 20 heavy (non-hydrogen) atoms. The van der Waals surface area contributed by atoms with Crippen LogP contribution in [0.25, 0.3) is 10.9 Å². The molecule has 0 saturated heterocycles. The molecule has 0 spiro atoms. The van der Waals surface area contributed by atoms with Gasteiger partial charge in [-0.15, -0.1) is 0 Å². The molecule has 3 rings (SSSR count). The molecule has 1 saturated carbocycles. The second kappa shape index (κ2) is 5.60. The summed E-state index contributed by atoms with van der Waals surface area (Å²) in [5, 5.41) is 4.21. The van der Waals surface area contributed by atoms with E-state index in [1.807, 2.05) is 18.3 Å². The molecule has 1 aromatic heterocycles. The minimum atomic E-state index is 0.0661. The van der Waals surface area contributed by atoms with Gasteiger partial charge in [-0.1, -0.05) is 34.8 Å². The summed E-state index contributed by atoms with van der Waals surface area (Å²) in [5.74, 6) is 0.0661. The number of nitrogens with zero attached hydrogens (tertiary/aromatic N) is 1. The summed E-state index contributed by atoms with van der Waals surface area (Å²) in [6.45, 7) is 2.96. The van der Waals surface area contributed by atoms with Crippen molar-refractivity contribution in [1.29, 1.82) is 0 Å². The number of benzene rings is 1. The predicted octanol–water partition coefficient (Wildman–Crippen LogP) is 4.10. The molecule has 0 bridgehead atoms. The number of fused-ring (bicyclic) bond motifs is 1. The Labute approximate surface area is 127 Å². The largest absolute Gasteiger partial charge is 0.349 e. The van der Waals surface area contributed by atoms with Gasteiger partial charge in [-0.3, -0.25) is 4.79 Å². The molecule has 0 atom stereocenters. The van der Waals surface area contributed by atoms with Crippen LogP contribution in [0.1, 0.15) is 43.0 Å². The normalized spacial score (nSPS) is 15.9. The Hall–Kier alpha value is -1.29. The maximum absolute atomic E-state index is 12.5. The fourth-order valence-electron chi connectivity index (χ4n) is 3.04. The van der Waals surface area contributed by atoms with Crippen LogP contribution in [0.5, 0.6) is 0 Å². The highest BCUT2D eigenvalue weighted by molar-refractivity contribution is 9.10. The van der Waals surface area contributed by atoms with Gasteiger partial charge in [-0.25, -0.2) is 0 Å². The maximum Gasteiger partial charge on any atom is 0.253 e. The van der Waals surface area contributed by atoms with Crippen LogP contribution in [0.4, 0.5) is 0 Å². The van der Waals surface area contributed by atoms with E-state index in [9.17, 15) is 4.79 Å². The Kier molecular flexibility index (Phi) is 3.83. The minimum Gasteiger partial charge on any atom is -0.349 e. The molecule has 1 amide bonds. The number of rotatable bonds is 3. The zero-order chi connectivity index (χ0) is 14.1. The SMILES string of the molecule is CCn1cc(C(=O)NC2CCCC2)c2ccc(Br)cc21. The van der Waals surface area contributed by atoms with Gasteiger partial charge in [0.2, 0.25) is 0 Å². The van der Waals surface area contributed by atoms with Crippen molar-refractivity contribution in [3.63, 3.8) is 0 Å². The number of carbonyl (C=O) groups is 1. The summed E-state index contributed by atoms with van der Waals surface area (Å²) in [5.41, 5.74) is 1.90. The molecule has 0 radical (unpaired) electrons. The topological polar surface area (TPSA) is 34.0 Å². The zero-order valence-corrected chi connectivity index (χ0v) is 13.2. The molecular weight excluding hydrogens is 316 g/mol. The number of amides is 1. The lowest BCUT2D eigenvalue weighted by molar-refractivity contribution is 0.0939. The third-order valence-corrected chi connectivity index (χ3v) is 4.61. The monoisotopic (exact) mass is 334 g/mol. The Balaban J connectivity index is 1.96. The van der Waals surface area contributed by atoms with Gasteiger partial charge in [0.1, 0.15) is 0 Å². The first-order valence-electron chi connectivity index (χ1n) is 7.28. The molecular formula is C16H19BrN2O. The highest BCUT2D eigenvalue weighted by Gasteiger charge is 2.20. The molecule has 4 heteroatoms. The Bertz CT molecular complexity index is 641. The van der Waals surface area contributed by atoms with Crippen LogP contribution in [-0.2, 0) is 6.54 Å². The fraction of sp³-hybridized carbons (Fsp3) is 0.438. The average molecular weight is 335 g/mol. The predicted molar refractivity (Wildman–Crippen MR) is 85.0 cm³/mol. The van der Waals surface area contributed by atoms with Crippen molar-refractivity contribution >= 4 is 32.7 Å². The van der Waals surface area contributed by atoms with E-state index in [-0.39, 0.29) is 5.91 Å². The lowest BCUT2D eigenvalue weighted by Crippen LogP contribution is -2.32. The number of halogens is 1. The van der Waals surface area contributed by atoms with Crippen LogP contribution in [0, 0.1) is 0 Å². The molecule has 1 aromatic carbocycles. The van der Waals surface area contributed by atoms with E-state index in [4.69, 9.17) is 0 Å². The quantitative estimate of drug-likeness (QED) is 0.900. The molecule has 1 N–H and O–H groups in total. The standard InChI is InChI=1S/C16H19BrN2O/c1-2-19-10-14(13-8-7-11(17)9-15(13)19)16(20)18-12-5-3-4-6-12/h7-10,12H,2-6H2,1H3,(H,18,20). The molecule has 1 fully saturated rings. The van der Waals surface area contributed by atoms with Crippen LogP contribution in [0.3, 0.4) is 0 Å². The van der Waals surface area contributed by atoms with Crippen molar-refractivity contribution in [3.05, 3.63) is 34.4 Å². The van der Waals surface area contributed by atoms with Gasteiger partial charge >= 0.3 is 0 Å². The Morgan fingerprint density at radius 3 is 2.85 bits per heavy atom. The maximum atomic E-state index is 12.5. The second-order valence-electron chi connectivity index (χ2n) is 5.45. The van der Waals surface area contributed by atoms with E-state index < -0.39 is 0 Å². The molecule has 1 aliphatic rings. The summed E-state index contributed by atoms with van der Waals surface area (Å²) in [7, 11) is 0. The van der Waals surface area contributed by atoms with Gasteiger partial charge in [0, 0.05) is 34.2 Å². The van der Waals surface area contributed by atoms with Gasteiger partial charge in [0.15, 0.2) is 0 Å². The number of aromatic nitrogens is 1. The average Bonchev–Trinajstić information content (AvgIpc) is 3.05. The van der Waals surface area contributed by atoms with Crippen LogP contribution in [0.2, 0.25) is 0 Å². The Morgan fingerprint density at radius 2 is 2.15 bits per heavy atom. The summed E-state index contributed by atoms with van der Waals surface area (Å²) in [4.78, 5) is 12.5. The Morgan fingerprint density at radius 1 is 1.40 bits per heavy atom. The third-order valence-electron chi connectivity index (χ3n) is 4.12. The fourth-order valence-corrected chi connectivity index (χ4v) is 3.39. The summed E-state index contributed by atoms with van der Waals surface area (Å²) >= 11 is 3.50.